The van der Waals surface area contributed by atoms with E-state index in [1.165, 1.54) is 24.7 Å². The minimum absolute atomic E-state index is 0.0410. The first-order valence-electron chi connectivity index (χ1n) is 13.3. The van der Waals surface area contributed by atoms with E-state index < -0.39 is 15.9 Å². The molecule has 0 fully saturated rings. The van der Waals surface area contributed by atoms with Crippen molar-refractivity contribution in [2.24, 2.45) is 0 Å². The van der Waals surface area contributed by atoms with Gasteiger partial charge in [-0.25, -0.2) is 22.8 Å². The van der Waals surface area contributed by atoms with E-state index in [9.17, 15) is 12.8 Å². The van der Waals surface area contributed by atoms with Crippen LogP contribution in [0.15, 0.2) is 89.7 Å². The average molecular weight is 585 g/mol. The molecule has 1 unspecified atom stereocenters. The Balaban J connectivity index is 1.28. The molecule has 0 aliphatic heterocycles. The van der Waals surface area contributed by atoms with Crippen molar-refractivity contribution in [1.29, 1.82) is 0 Å². The highest BCUT2D eigenvalue weighted by Gasteiger charge is 2.23. The Morgan fingerprint density at radius 1 is 1.02 bits per heavy atom. The van der Waals surface area contributed by atoms with Crippen molar-refractivity contribution >= 4 is 43.1 Å². The zero-order chi connectivity index (χ0) is 29.4. The van der Waals surface area contributed by atoms with Crippen molar-refractivity contribution in [1.82, 2.24) is 24.6 Å². The number of furan rings is 1. The van der Waals surface area contributed by atoms with Crippen LogP contribution in [0, 0.1) is 5.82 Å². The minimum atomic E-state index is -3.21. The van der Waals surface area contributed by atoms with Crippen LogP contribution in [0.3, 0.4) is 0 Å². The van der Waals surface area contributed by atoms with Crippen LogP contribution < -0.4 is 5.32 Å². The fourth-order valence-electron chi connectivity index (χ4n) is 5.00. The standard InChI is InChI=1S/C31H29FN6O3S/c1-37(2)28(18-42(3,39)40)30-12-11-29(41-30)21-7-9-26-25(15-21)31(34-19-33-26)36-24-8-10-27-22(14-24)16-35-38(27)17-20-5-4-6-23(32)13-20/h4-16,19,28H,17-18H2,1-3H3,(H,33,34,36). The summed E-state index contributed by atoms with van der Waals surface area (Å²) in [6, 6.07) is 21.5. The number of sulfone groups is 1. The zero-order valence-corrected chi connectivity index (χ0v) is 24.1. The summed E-state index contributed by atoms with van der Waals surface area (Å²) in [5.74, 6) is 1.51. The number of anilines is 2. The topological polar surface area (TPSA) is 106 Å². The van der Waals surface area contributed by atoms with Gasteiger partial charge < -0.3 is 9.73 Å². The zero-order valence-electron chi connectivity index (χ0n) is 23.3. The molecule has 0 spiro atoms. The van der Waals surface area contributed by atoms with E-state index in [0.717, 1.165) is 38.6 Å². The monoisotopic (exact) mass is 584 g/mol. The third kappa shape index (κ3) is 5.88. The van der Waals surface area contributed by atoms with Crippen LogP contribution in [-0.4, -0.2) is 59.2 Å². The Morgan fingerprint density at radius 3 is 2.67 bits per heavy atom. The first kappa shape index (κ1) is 27.6. The summed E-state index contributed by atoms with van der Waals surface area (Å²) in [6.45, 7) is 0.464. The Kier molecular flexibility index (Phi) is 7.21. The number of fused-ring (bicyclic) bond motifs is 2. The van der Waals surface area contributed by atoms with Gasteiger partial charge in [0, 0.05) is 28.3 Å². The van der Waals surface area contributed by atoms with Crippen molar-refractivity contribution in [3.63, 3.8) is 0 Å². The first-order valence-corrected chi connectivity index (χ1v) is 15.3. The molecule has 1 atom stereocenters. The molecule has 1 N–H and O–H groups in total. The van der Waals surface area contributed by atoms with E-state index in [4.69, 9.17) is 4.42 Å². The average Bonchev–Trinajstić information content (AvgIpc) is 3.59. The summed E-state index contributed by atoms with van der Waals surface area (Å²) >= 11 is 0. The predicted octanol–water partition coefficient (Wildman–Crippen LogP) is 5.82. The van der Waals surface area contributed by atoms with Gasteiger partial charge in [0.05, 0.1) is 35.6 Å². The molecule has 0 aliphatic rings. The minimum Gasteiger partial charge on any atom is -0.459 e. The molecule has 6 aromatic rings. The van der Waals surface area contributed by atoms with E-state index in [1.807, 2.05) is 78.3 Å². The first-order chi connectivity index (χ1) is 20.1. The molecular formula is C31H29FN6O3S. The number of hydrogen-bond donors (Lipinski definition) is 1. The van der Waals surface area contributed by atoms with Gasteiger partial charge in [-0.1, -0.05) is 12.1 Å². The summed E-state index contributed by atoms with van der Waals surface area (Å²) in [4.78, 5) is 10.8. The summed E-state index contributed by atoms with van der Waals surface area (Å²) in [7, 11) is 0.449. The largest absolute Gasteiger partial charge is 0.459 e. The fourth-order valence-corrected chi connectivity index (χ4v) is 6.04. The lowest BCUT2D eigenvalue weighted by Gasteiger charge is -2.21. The van der Waals surface area contributed by atoms with Crippen molar-refractivity contribution in [2.75, 3.05) is 31.4 Å². The van der Waals surface area contributed by atoms with E-state index >= 15 is 0 Å². The summed E-state index contributed by atoms with van der Waals surface area (Å²) in [5, 5.41) is 9.64. The SMILES string of the molecule is CN(C)C(CS(C)(=O)=O)c1ccc(-c2ccc3ncnc(Nc4ccc5c(cnn5Cc5cccc(F)c5)c4)c3c2)o1. The van der Waals surface area contributed by atoms with Crippen LogP contribution >= 0.6 is 0 Å². The molecule has 3 aromatic heterocycles. The lowest BCUT2D eigenvalue weighted by Crippen LogP contribution is -2.26. The van der Waals surface area contributed by atoms with Gasteiger partial charge in [-0.2, -0.15) is 5.10 Å². The van der Waals surface area contributed by atoms with Crippen molar-refractivity contribution in [3.8, 4) is 11.3 Å². The smallest absolute Gasteiger partial charge is 0.149 e. The van der Waals surface area contributed by atoms with Crippen LogP contribution in [0.25, 0.3) is 33.1 Å². The van der Waals surface area contributed by atoms with Gasteiger partial charge in [0.25, 0.3) is 0 Å². The molecule has 0 saturated carbocycles. The number of nitrogens with one attached hydrogen (secondary N) is 1. The number of nitrogens with zero attached hydrogens (tertiary/aromatic N) is 5. The molecule has 42 heavy (non-hydrogen) atoms. The van der Waals surface area contributed by atoms with E-state index in [1.54, 1.807) is 12.3 Å². The molecule has 0 aliphatic carbocycles. The predicted molar refractivity (Wildman–Crippen MR) is 162 cm³/mol. The number of halogens is 1. The highest BCUT2D eigenvalue weighted by Crippen LogP contribution is 2.32. The second-order valence-electron chi connectivity index (χ2n) is 10.6. The lowest BCUT2D eigenvalue weighted by atomic mass is 10.1. The Labute approximate surface area is 242 Å². The Bertz CT molecular complexity index is 2020. The molecule has 214 valence electrons. The number of aromatic nitrogens is 4. The van der Waals surface area contributed by atoms with Gasteiger partial charge in [0.15, 0.2) is 0 Å². The van der Waals surface area contributed by atoms with Gasteiger partial charge in [-0.15, -0.1) is 0 Å². The lowest BCUT2D eigenvalue weighted by molar-refractivity contribution is 0.281. The maximum atomic E-state index is 13.6. The van der Waals surface area contributed by atoms with Crippen molar-refractivity contribution in [3.05, 3.63) is 102 Å². The van der Waals surface area contributed by atoms with Gasteiger partial charge in [0.2, 0.25) is 0 Å². The number of hydrogen-bond acceptors (Lipinski definition) is 8. The van der Waals surface area contributed by atoms with E-state index in [-0.39, 0.29) is 11.6 Å². The molecule has 0 saturated heterocycles. The fraction of sp³-hybridized carbons (Fsp3) is 0.194. The van der Waals surface area contributed by atoms with Crippen LogP contribution in [-0.2, 0) is 16.4 Å². The van der Waals surface area contributed by atoms with Gasteiger partial charge in [-0.3, -0.25) is 9.58 Å². The molecule has 6 rings (SSSR count). The molecule has 3 heterocycles. The molecule has 0 bridgehead atoms. The quantitative estimate of drug-likeness (QED) is 0.227. The number of benzene rings is 3. The van der Waals surface area contributed by atoms with E-state index in [0.29, 0.717) is 23.9 Å². The molecule has 0 amide bonds. The van der Waals surface area contributed by atoms with Crippen LogP contribution in [0.2, 0.25) is 0 Å². The second kappa shape index (κ2) is 11.0. The molecule has 9 nitrogen and oxygen atoms in total. The van der Waals surface area contributed by atoms with Crippen LogP contribution in [0.1, 0.15) is 17.4 Å². The van der Waals surface area contributed by atoms with Gasteiger partial charge in [-0.05, 0) is 80.3 Å². The Hall–Kier alpha value is -4.61. The third-order valence-electron chi connectivity index (χ3n) is 7.08. The highest BCUT2D eigenvalue weighted by molar-refractivity contribution is 7.90. The summed E-state index contributed by atoms with van der Waals surface area (Å²) < 4.78 is 45.6. The third-order valence-corrected chi connectivity index (χ3v) is 8.01. The normalized spacial score (nSPS) is 12.8. The van der Waals surface area contributed by atoms with Gasteiger partial charge in [0.1, 0.15) is 39.3 Å². The highest BCUT2D eigenvalue weighted by atomic mass is 32.2. The number of rotatable bonds is 9. The maximum Gasteiger partial charge on any atom is 0.149 e. The van der Waals surface area contributed by atoms with Crippen molar-refractivity contribution in [2.45, 2.75) is 12.6 Å². The maximum absolute atomic E-state index is 13.6. The molecular weight excluding hydrogens is 555 g/mol. The summed E-state index contributed by atoms with van der Waals surface area (Å²) in [5.41, 5.74) is 4.17. The van der Waals surface area contributed by atoms with Crippen LogP contribution in [0.4, 0.5) is 15.9 Å². The second-order valence-corrected chi connectivity index (χ2v) is 12.7. The Morgan fingerprint density at radius 2 is 1.88 bits per heavy atom. The van der Waals surface area contributed by atoms with E-state index in [2.05, 4.69) is 20.4 Å². The van der Waals surface area contributed by atoms with Gasteiger partial charge >= 0.3 is 0 Å². The molecule has 3 aromatic carbocycles. The summed E-state index contributed by atoms with van der Waals surface area (Å²) in [6.07, 6.45) is 4.52. The molecule has 11 heteroatoms. The molecule has 0 radical (unpaired) electrons. The van der Waals surface area contributed by atoms with Crippen LogP contribution in [0.5, 0.6) is 0 Å². The van der Waals surface area contributed by atoms with Crippen molar-refractivity contribution < 1.29 is 17.2 Å².